The Morgan fingerprint density at radius 3 is 2.83 bits per heavy atom. The van der Waals surface area contributed by atoms with Crippen LogP contribution in [0, 0.1) is 0 Å². The first kappa shape index (κ1) is 18.9. The molecule has 5 nitrogen and oxygen atoms in total. The maximum absolute atomic E-state index is 10.3. The average Bonchev–Trinajstić information content (AvgIpc) is 3.11. The topological polar surface area (TPSA) is 68.4 Å². The van der Waals surface area contributed by atoms with Gasteiger partial charge in [0.15, 0.2) is 5.82 Å². The number of aryl methyl sites for hydroxylation is 1. The average molecular weight is 402 g/mol. The van der Waals surface area contributed by atoms with Crippen molar-refractivity contribution in [3.8, 4) is 23.0 Å². The van der Waals surface area contributed by atoms with Gasteiger partial charge in [-0.15, -0.1) is 0 Å². The Kier molecular flexibility index (Phi) is 4.81. The molecule has 2 aromatic heterocycles. The van der Waals surface area contributed by atoms with Crippen molar-refractivity contribution in [2.75, 3.05) is 0 Å². The van der Waals surface area contributed by atoms with E-state index in [2.05, 4.69) is 17.1 Å². The lowest BCUT2D eigenvalue weighted by atomic mass is 9.84. The van der Waals surface area contributed by atoms with E-state index in [4.69, 9.17) is 14.1 Å². The van der Waals surface area contributed by atoms with Crippen molar-refractivity contribution in [1.82, 2.24) is 9.97 Å². The van der Waals surface area contributed by atoms with Gasteiger partial charge >= 0.3 is 0 Å². The number of ether oxygens (including phenoxy) is 1. The van der Waals surface area contributed by atoms with Crippen molar-refractivity contribution in [2.24, 2.45) is 0 Å². The van der Waals surface area contributed by atoms with Gasteiger partial charge in [0, 0.05) is 36.0 Å². The summed E-state index contributed by atoms with van der Waals surface area (Å²) in [6.45, 7) is 3.96. The van der Waals surface area contributed by atoms with Gasteiger partial charge < -0.3 is 14.3 Å². The molecule has 0 radical (unpaired) electrons. The summed E-state index contributed by atoms with van der Waals surface area (Å²) in [5.74, 6) is 3.66. The molecule has 5 heteroatoms. The van der Waals surface area contributed by atoms with Crippen LogP contribution in [0.2, 0.25) is 0 Å². The molecule has 2 aliphatic rings. The number of phenolic OH excluding ortho intramolecular Hbond substituents is 1. The van der Waals surface area contributed by atoms with Gasteiger partial charge in [-0.3, -0.25) is 0 Å². The molecular formula is C25H26N2O3. The maximum atomic E-state index is 10.3. The molecule has 1 atom stereocenters. The zero-order valence-corrected chi connectivity index (χ0v) is 17.4. The Hall–Kier alpha value is -3.08. The summed E-state index contributed by atoms with van der Waals surface area (Å²) in [6, 6.07) is 9.11. The number of aromatic hydroxyl groups is 1. The number of hydrogen-bond acceptors (Lipinski definition) is 5. The number of benzene rings is 1. The second-order valence-electron chi connectivity index (χ2n) is 8.36. The van der Waals surface area contributed by atoms with Crippen molar-refractivity contribution in [3.05, 3.63) is 64.7 Å². The minimum Gasteiger partial charge on any atom is -0.507 e. The molecule has 0 fully saturated rings. The van der Waals surface area contributed by atoms with Crippen LogP contribution in [0.15, 0.2) is 40.8 Å². The van der Waals surface area contributed by atoms with Crippen LogP contribution in [0.25, 0.3) is 17.5 Å². The molecule has 1 aromatic carbocycles. The fourth-order valence-corrected chi connectivity index (χ4v) is 4.45. The van der Waals surface area contributed by atoms with E-state index in [1.54, 1.807) is 12.1 Å². The molecule has 0 spiro atoms. The highest BCUT2D eigenvalue weighted by Crippen LogP contribution is 2.39. The largest absolute Gasteiger partial charge is 0.507 e. The molecule has 0 amide bonds. The van der Waals surface area contributed by atoms with Crippen LogP contribution in [0.4, 0.5) is 0 Å². The van der Waals surface area contributed by atoms with E-state index in [1.165, 1.54) is 11.1 Å². The molecule has 154 valence electrons. The third-order valence-corrected chi connectivity index (χ3v) is 5.85. The summed E-state index contributed by atoms with van der Waals surface area (Å²) in [5.41, 5.74) is 4.22. The predicted molar refractivity (Wildman–Crippen MR) is 116 cm³/mol. The maximum Gasteiger partial charge on any atom is 0.217 e. The Labute approximate surface area is 176 Å². The van der Waals surface area contributed by atoms with Gasteiger partial charge in [-0.1, -0.05) is 24.3 Å². The van der Waals surface area contributed by atoms with E-state index in [-0.39, 0.29) is 17.8 Å². The number of furan rings is 1. The first-order valence-corrected chi connectivity index (χ1v) is 10.7. The normalized spacial score (nSPS) is 17.6. The molecule has 1 N–H and O–H groups in total. The number of fused-ring (bicyclic) bond motifs is 3. The van der Waals surface area contributed by atoms with Gasteiger partial charge in [0.25, 0.3) is 0 Å². The van der Waals surface area contributed by atoms with Crippen LogP contribution >= 0.6 is 0 Å². The standard InChI is InChI=1S/C25H26N2O3/c1-15(2)29-24-14-20(26-25(27-24)19-8-3-5-9-21(19)28)16-11-12-18-17-7-4-6-10-22(17)30-23(18)13-16/h3-5,7-9,14-16,28H,6,10-13H2,1-2H3. The highest BCUT2D eigenvalue weighted by molar-refractivity contribution is 5.64. The minimum atomic E-state index is 0.00603. The Morgan fingerprint density at radius 2 is 2.00 bits per heavy atom. The SMILES string of the molecule is CC(C)Oc1cc(C2CCc3c(oc4c3C=CCC4)C2)nc(-c2ccccc2O)n1. The number of phenols is 1. The summed E-state index contributed by atoms with van der Waals surface area (Å²) in [7, 11) is 0. The van der Waals surface area contributed by atoms with Gasteiger partial charge in [-0.05, 0) is 45.2 Å². The summed E-state index contributed by atoms with van der Waals surface area (Å²) in [6.07, 6.45) is 9.32. The third-order valence-electron chi connectivity index (χ3n) is 5.85. The summed E-state index contributed by atoms with van der Waals surface area (Å²) in [5, 5.41) is 10.3. The molecule has 2 aliphatic carbocycles. The third kappa shape index (κ3) is 3.49. The number of aromatic nitrogens is 2. The van der Waals surface area contributed by atoms with Crippen LogP contribution < -0.4 is 4.74 Å². The van der Waals surface area contributed by atoms with E-state index in [9.17, 15) is 5.11 Å². The van der Waals surface area contributed by atoms with E-state index >= 15 is 0 Å². The lowest BCUT2D eigenvalue weighted by Crippen LogP contribution is -2.15. The minimum absolute atomic E-state index is 0.00603. The van der Waals surface area contributed by atoms with Crippen LogP contribution in [-0.4, -0.2) is 21.2 Å². The van der Waals surface area contributed by atoms with Crippen LogP contribution in [0.1, 0.15) is 60.9 Å². The molecule has 2 heterocycles. The van der Waals surface area contributed by atoms with E-state index in [0.29, 0.717) is 17.3 Å². The lowest BCUT2D eigenvalue weighted by molar-refractivity contribution is 0.232. The Balaban J connectivity index is 1.52. The molecule has 5 rings (SSSR count). The van der Waals surface area contributed by atoms with Gasteiger partial charge in [0.05, 0.1) is 17.4 Å². The van der Waals surface area contributed by atoms with Gasteiger partial charge in [0.2, 0.25) is 5.88 Å². The van der Waals surface area contributed by atoms with Crippen LogP contribution in [0.5, 0.6) is 11.6 Å². The van der Waals surface area contributed by atoms with Crippen LogP contribution in [-0.2, 0) is 19.3 Å². The molecule has 0 bridgehead atoms. The molecule has 0 saturated carbocycles. The number of nitrogens with zero attached hydrogens (tertiary/aromatic N) is 2. The van der Waals surface area contributed by atoms with Gasteiger partial charge in [0.1, 0.15) is 17.3 Å². The molecule has 3 aromatic rings. The predicted octanol–water partition coefficient (Wildman–Crippen LogP) is 5.46. The molecule has 0 aliphatic heterocycles. The van der Waals surface area contributed by atoms with Gasteiger partial charge in [-0.2, -0.15) is 4.98 Å². The number of rotatable bonds is 4. The zero-order valence-electron chi connectivity index (χ0n) is 17.4. The smallest absolute Gasteiger partial charge is 0.217 e. The Morgan fingerprint density at radius 1 is 1.13 bits per heavy atom. The number of para-hydroxylation sites is 1. The van der Waals surface area contributed by atoms with Crippen molar-refractivity contribution in [1.29, 1.82) is 0 Å². The van der Waals surface area contributed by atoms with Crippen molar-refractivity contribution in [2.45, 2.75) is 58.0 Å². The highest BCUT2D eigenvalue weighted by atomic mass is 16.5. The van der Waals surface area contributed by atoms with Crippen molar-refractivity contribution in [3.63, 3.8) is 0 Å². The van der Waals surface area contributed by atoms with E-state index < -0.39 is 0 Å². The first-order chi connectivity index (χ1) is 14.6. The van der Waals surface area contributed by atoms with Crippen molar-refractivity contribution >= 4 is 6.08 Å². The van der Waals surface area contributed by atoms with E-state index in [0.717, 1.165) is 49.3 Å². The molecule has 1 unspecified atom stereocenters. The summed E-state index contributed by atoms with van der Waals surface area (Å²) >= 11 is 0. The lowest BCUT2D eigenvalue weighted by Gasteiger charge is -2.22. The monoisotopic (exact) mass is 402 g/mol. The zero-order chi connectivity index (χ0) is 20.7. The number of hydrogen-bond donors (Lipinski definition) is 1. The Bertz CT molecular complexity index is 1110. The highest BCUT2D eigenvalue weighted by Gasteiger charge is 2.29. The molecule has 30 heavy (non-hydrogen) atoms. The molecule has 0 saturated heterocycles. The summed E-state index contributed by atoms with van der Waals surface area (Å²) < 4.78 is 12.2. The van der Waals surface area contributed by atoms with Crippen LogP contribution in [0.3, 0.4) is 0 Å². The van der Waals surface area contributed by atoms with E-state index in [1.807, 2.05) is 32.0 Å². The fraction of sp³-hybridized carbons (Fsp3) is 0.360. The second-order valence-corrected chi connectivity index (χ2v) is 8.36. The summed E-state index contributed by atoms with van der Waals surface area (Å²) in [4.78, 5) is 9.41. The fourth-order valence-electron chi connectivity index (χ4n) is 4.45. The quantitative estimate of drug-likeness (QED) is 0.627. The van der Waals surface area contributed by atoms with Crippen molar-refractivity contribution < 1.29 is 14.3 Å². The first-order valence-electron chi connectivity index (χ1n) is 10.7. The second kappa shape index (κ2) is 7.63. The number of allylic oxidation sites excluding steroid dienone is 1. The van der Waals surface area contributed by atoms with Gasteiger partial charge in [-0.25, -0.2) is 4.98 Å². The molecular weight excluding hydrogens is 376 g/mol.